The summed E-state index contributed by atoms with van der Waals surface area (Å²) in [5, 5.41) is 6.14. The summed E-state index contributed by atoms with van der Waals surface area (Å²) in [5.74, 6) is 0.514. The third-order valence-electron chi connectivity index (χ3n) is 5.46. The van der Waals surface area contributed by atoms with E-state index in [1.165, 1.54) is 30.5 Å². The van der Waals surface area contributed by atoms with Gasteiger partial charge in [0.15, 0.2) is 0 Å². The zero-order valence-corrected chi connectivity index (χ0v) is 15.3. The highest BCUT2D eigenvalue weighted by atomic mass is 16.5. The van der Waals surface area contributed by atoms with Crippen molar-refractivity contribution in [1.29, 1.82) is 0 Å². The second-order valence-corrected chi connectivity index (χ2v) is 7.24. The van der Waals surface area contributed by atoms with Gasteiger partial charge < -0.3 is 20.3 Å². The molecule has 0 aliphatic carbocycles. The van der Waals surface area contributed by atoms with Crippen LogP contribution in [0.25, 0.3) is 0 Å². The molecule has 0 bridgehead atoms. The fraction of sp³-hybridized carbons (Fsp3) is 0.650. The summed E-state index contributed by atoms with van der Waals surface area (Å²) in [6.07, 6.45) is 5.89. The summed E-state index contributed by atoms with van der Waals surface area (Å²) in [6.45, 7) is 6.51. The van der Waals surface area contributed by atoms with E-state index >= 15 is 0 Å². The lowest BCUT2D eigenvalue weighted by molar-refractivity contribution is 0.0571. The Bertz CT molecular complexity index is 552. The number of urea groups is 1. The van der Waals surface area contributed by atoms with Crippen molar-refractivity contribution in [2.24, 2.45) is 5.92 Å². The number of hydrogen-bond donors (Lipinski definition) is 2. The molecule has 2 amide bonds. The minimum atomic E-state index is -0.0764. The normalized spacial score (nSPS) is 20.1. The lowest BCUT2D eigenvalue weighted by Gasteiger charge is -2.31. The number of rotatable bonds is 5. The van der Waals surface area contributed by atoms with E-state index < -0.39 is 0 Å². The van der Waals surface area contributed by atoms with E-state index in [0.717, 1.165) is 39.1 Å². The molecular weight excluding hydrogens is 314 g/mol. The number of anilines is 1. The SMILES string of the molecule is CC(NC(=O)NCc1ccccc1N1CCCCC1)C1CCOCC1. The summed E-state index contributed by atoms with van der Waals surface area (Å²) < 4.78 is 5.40. The van der Waals surface area contributed by atoms with Gasteiger partial charge in [-0.1, -0.05) is 18.2 Å². The second kappa shape index (κ2) is 9.09. The number of piperidine rings is 1. The molecule has 0 radical (unpaired) electrons. The predicted octanol–water partition coefficient (Wildman–Crippen LogP) is 3.29. The number of ether oxygens (including phenoxy) is 1. The first-order valence-corrected chi connectivity index (χ1v) is 9.69. The lowest BCUT2D eigenvalue weighted by Crippen LogP contribution is -2.45. The van der Waals surface area contributed by atoms with Gasteiger partial charge in [0.05, 0.1) is 0 Å². The number of carbonyl (C=O) groups excluding carboxylic acids is 1. The topological polar surface area (TPSA) is 53.6 Å². The maximum Gasteiger partial charge on any atom is 0.315 e. The molecule has 0 aromatic heterocycles. The van der Waals surface area contributed by atoms with Crippen molar-refractivity contribution in [2.45, 2.75) is 51.6 Å². The van der Waals surface area contributed by atoms with Crippen molar-refractivity contribution < 1.29 is 9.53 Å². The molecule has 2 heterocycles. The van der Waals surface area contributed by atoms with Crippen LogP contribution in [0.5, 0.6) is 0 Å². The monoisotopic (exact) mass is 345 g/mol. The van der Waals surface area contributed by atoms with Crippen LogP contribution in [-0.4, -0.2) is 38.4 Å². The van der Waals surface area contributed by atoms with Gasteiger partial charge in [-0.3, -0.25) is 0 Å². The fourth-order valence-electron chi connectivity index (χ4n) is 3.87. The van der Waals surface area contributed by atoms with Gasteiger partial charge in [-0.15, -0.1) is 0 Å². The number of carbonyl (C=O) groups is 1. The highest BCUT2D eigenvalue weighted by Gasteiger charge is 2.22. The summed E-state index contributed by atoms with van der Waals surface area (Å²) >= 11 is 0. The molecule has 2 aliphatic heterocycles. The van der Waals surface area contributed by atoms with Gasteiger partial charge in [0, 0.05) is 44.6 Å². The molecule has 1 unspecified atom stereocenters. The maximum absolute atomic E-state index is 12.3. The number of para-hydroxylation sites is 1. The summed E-state index contributed by atoms with van der Waals surface area (Å²) in [7, 11) is 0. The van der Waals surface area contributed by atoms with Crippen LogP contribution in [0.15, 0.2) is 24.3 Å². The van der Waals surface area contributed by atoms with Gasteiger partial charge >= 0.3 is 6.03 Å². The molecule has 25 heavy (non-hydrogen) atoms. The molecule has 2 fully saturated rings. The Balaban J connectivity index is 1.51. The molecule has 3 rings (SSSR count). The number of nitrogens with one attached hydrogen (secondary N) is 2. The molecule has 1 atom stereocenters. The summed E-state index contributed by atoms with van der Waals surface area (Å²) in [6, 6.07) is 8.53. The van der Waals surface area contributed by atoms with E-state index in [-0.39, 0.29) is 12.1 Å². The van der Waals surface area contributed by atoms with E-state index in [1.807, 2.05) is 6.07 Å². The van der Waals surface area contributed by atoms with Crippen molar-refractivity contribution in [3.63, 3.8) is 0 Å². The zero-order chi connectivity index (χ0) is 17.5. The Morgan fingerprint density at radius 1 is 1.20 bits per heavy atom. The average Bonchev–Trinajstić information content (AvgIpc) is 2.68. The van der Waals surface area contributed by atoms with Crippen molar-refractivity contribution in [1.82, 2.24) is 10.6 Å². The molecule has 2 aliphatic rings. The third kappa shape index (κ3) is 5.11. The highest BCUT2D eigenvalue weighted by molar-refractivity contribution is 5.74. The summed E-state index contributed by atoms with van der Waals surface area (Å²) in [5.41, 5.74) is 2.46. The van der Waals surface area contributed by atoms with E-state index in [4.69, 9.17) is 4.74 Å². The number of benzene rings is 1. The van der Waals surface area contributed by atoms with Gasteiger partial charge in [-0.2, -0.15) is 0 Å². The predicted molar refractivity (Wildman–Crippen MR) is 101 cm³/mol. The van der Waals surface area contributed by atoms with E-state index in [2.05, 4.69) is 40.7 Å². The Labute approximate surface area is 151 Å². The molecule has 2 saturated heterocycles. The van der Waals surface area contributed by atoms with Crippen LogP contribution in [-0.2, 0) is 11.3 Å². The zero-order valence-electron chi connectivity index (χ0n) is 15.3. The Morgan fingerprint density at radius 3 is 2.68 bits per heavy atom. The molecule has 2 N–H and O–H groups in total. The van der Waals surface area contributed by atoms with E-state index in [0.29, 0.717) is 12.5 Å². The first-order valence-electron chi connectivity index (χ1n) is 9.69. The molecule has 138 valence electrons. The highest BCUT2D eigenvalue weighted by Crippen LogP contribution is 2.24. The van der Waals surface area contributed by atoms with Crippen LogP contribution >= 0.6 is 0 Å². The van der Waals surface area contributed by atoms with Crippen LogP contribution in [0.1, 0.15) is 44.6 Å². The minimum absolute atomic E-state index is 0.0764. The van der Waals surface area contributed by atoms with Crippen molar-refractivity contribution in [3.05, 3.63) is 29.8 Å². The minimum Gasteiger partial charge on any atom is -0.381 e. The second-order valence-electron chi connectivity index (χ2n) is 7.24. The van der Waals surface area contributed by atoms with E-state index in [1.54, 1.807) is 0 Å². The van der Waals surface area contributed by atoms with Gasteiger partial charge in [-0.25, -0.2) is 4.79 Å². The first-order chi connectivity index (χ1) is 12.2. The van der Waals surface area contributed by atoms with Crippen LogP contribution in [0.4, 0.5) is 10.5 Å². The molecule has 1 aromatic rings. The lowest BCUT2D eigenvalue weighted by atomic mass is 9.93. The Hall–Kier alpha value is -1.75. The van der Waals surface area contributed by atoms with Gasteiger partial charge in [0.25, 0.3) is 0 Å². The van der Waals surface area contributed by atoms with Crippen LogP contribution < -0.4 is 15.5 Å². The van der Waals surface area contributed by atoms with Crippen molar-refractivity contribution in [3.8, 4) is 0 Å². The molecule has 1 aromatic carbocycles. The maximum atomic E-state index is 12.3. The van der Waals surface area contributed by atoms with Crippen LogP contribution in [0, 0.1) is 5.92 Å². The molecule has 5 nitrogen and oxygen atoms in total. The number of hydrogen-bond acceptors (Lipinski definition) is 3. The Kier molecular flexibility index (Phi) is 6.56. The van der Waals surface area contributed by atoms with Gasteiger partial charge in [0.1, 0.15) is 0 Å². The number of nitrogens with zero attached hydrogens (tertiary/aromatic N) is 1. The average molecular weight is 345 g/mol. The van der Waals surface area contributed by atoms with Crippen molar-refractivity contribution in [2.75, 3.05) is 31.2 Å². The van der Waals surface area contributed by atoms with E-state index in [9.17, 15) is 4.79 Å². The molecule has 5 heteroatoms. The van der Waals surface area contributed by atoms with Gasteiger partial charge in [-0.05, 0) is 56.6 Å². The largest absolute Gasteiger partial charge is 0.381 e. The summed E-state index contributed by atoms with van der Waals surface area (Å²) in [4.78, 5) is 14.7. The van der Waals surface area contributed by atoms with Gasteiger partial charge in [0.2, 0.25) is 0 Å². The molecular formula is C20H31N3O2. The van der Waals surface area contributed by atoms with Crippen molar-refractivity contribution >= 4 is 11.7 Å². The molecule has 0 spiro atoms. The quantitative estimate of drug-likeness (QED) is 0.861. The Morgan fingerprint density at radius 2 is 1.92 bits per heavy atom. The smallest absolute Gasteiger partial charge is 0.315 e. The number of amides is 2. The third-order valence-corrected chi connectivity index (χ3v) is 5.46. The van der Waals surface area contributed by atoms with Crippen LogP contribution in [0.3, 0.4) is 0 Å². The standard InChI is InChI=1S/C20H31N3O2/c1-16(17-9-13-25-14-10-17)22-20(24)21-15-18-7-3-4-8-19(18)23-11-5-2-6-12-23/h3-4,7-8,16-17H,2,5-6,9-15H2,1H3,(H2,21,22,24). The molecule has 0 saturated carbocycles. The fourth-order valence-corrected chi connectivity index (χ4v) is 3.87. The van der Waals surface area contributed by atoms with Crippen LogP contribution in [0.2, 0.25) is 0 Å². The first kappa shape index (κ1) is 18.1.